The van der Waals surface area contributed by atoms with Crippen molar-refractivity contribution < 1.29 is 22.7 Å². The van der Waals surface area contributed by atoms with Gasteiger partial charge in [0.15, 0.2) is 6.61 Å². The number of alkyl halides is 3. The Labute approximate surface area is 176 Å². The molecule has 0 saturated carbocycles. The lowest BCUT2D eigenvalue weighted by molar-refractivity contribution is -0.153. The summed E-state index contributed by atoms with van der Waals surface area (Å²) >= 11 is 1.50. The molecule has 0 atom stereocenters. The molecule has 0 spiro atoms. The maximum atomic E-state index is 12.2. The molecule has 0 radical (unpaired) electrons. The molecule has 0 unspecified atom stereocenters. The molecular weight excluding hydrogens is 413 g/mol. The molecule has 158 valence electrons. The van der Waals surface area contributed by atoms with Crippen LogP contribution in [0.2, 0.25) is 0 Å². The maximum Gasteiger partial charge on any atom is 0.422 e. The number of ether oxygens (including phenoxy) is 1. The predicted molar refractivity (Wildman–Crippen MR) is 110 cm³/mol. The summed E-state index contributed by atoms with van der Waals surface area (Å²) in [5, 5.41) is 5.53. The van der Waals surface area contributed by atoms with Gasteiger partial charge < -0.3 is 10.1 Å². The quantitative estimate of drug-likeness (QED) is 0.532. The van der Waals surface area contributed by atoms with Gasteiger partial charge in [-0.15, -0.1) is 11.3 Å². The number of aromatic nitrogens is 1. The Morgan fingerprint density at radius 3 is 2.37 bits per heavy atom. The van der Waals surface area contributed by atoms with E-state index in [2.05, 4.69) is 34.1 Å². The van der Waals surface area contributed by atoms with Gasteiger partial charge in [-0.1, -0.05) is 43.3 Å². The van der Waals surface area contributed by atoms with E-state index in [4.69, 9.17) is 0 Å². The first-order valence-electron chi connectivity index (χ1n) is 9.41. The molecule has 1 heterocycles. The molecule has 2 aromatic carbocycles. The molecule has 0 aliphatic carbocycles. The number of rotatable bonds is 8. The van der Waals surface area contributed by atoms with Gasteiger partial charge >= 0.3 is 6.18 Å². The van der Waals surface area contributed by atoms with Gasteiger partial charge in [-0.2, -0.15) is 13.2 Å². The number of carbonyl (C=O) groups is 1. The fourth-order valence-corrected chi connectivity index (χ4v) is 3.53. The smallest absolute Gasteiger partial charge is 0.422 e. The van der Waals surface area contributed by atoms with Crippen molar-refractivity contribution in [3.63, 3.8) is 0 Å². The van der Waals surface area contributed by atoms with Gasteiger partial charge in [0.1, 0.15) is 10.8 Å². The Morgan fingerprint density at radius 2 is 1.73 bits per heavy atom. The zero-order valence-electron chi connectivity index (χ0n) is 16.3. The standard InChI is InChI=1S/C22H21F3N2O2S/c1-2-15-3-7-17(8-4-15)21-27-18(13-30-21)11-20(28)26-12-16-5-9-19(10-6-16)29-14-22(23,24)25/h3-10,13H,2,11-12,14H2,1H3,(H,26,28). The number of carbonyl (C=O) groups excluding carboxylic acids is 1. The Balaban J connectivity index is 1.48. The fourth-order valence-electron chi connectivity index (χ4n) is 2.70. The van der Waals surface area contributed by atoms with Crippen molar-refractivity contribution in [1.29, 1.82) is 0 Å². The van der Waals surface area contributed by atoms with Crippen molar-refractivity contribution in [3.05, 3.63) is 70.7 Å². The van der Waals surface area contributed by atoms with E-state index in [9.17, 15) is 18.0 Å². The monoisotopic (exact) mass is 434 g/mol. The van der Waals surface area contributed by atoms with Gasteiger partial charge in [0, 0.05) is 17.5 Å². The molecule has 1 N–H and O–H groups in total. The summed E-state index contributed by atoms with van der Waals surface area (Å²) in [6, 6.07) is 14.3. The van der Waals surface area contributed by atoms with Crippen LogP contribution in [0, 0.1) is 0 Å². The number of hydrogen-bond donors (Lipinski definition) is 1. The molecule has 0 aliphatic heterocycles. The highest BCUT2D eigenvalue weighted by Gasteiger charge is 2.28. The summed E-state index contributed by atoms with van der Waals surface area (Å²) in [7, 11) is 0. The lowest BCUT2D eigenvalue weighted by Gasteiger charge is -2.10. The predicted octanol–water partition coefficient (Wildman–Crippen LogP) is 5.17. The second-order valence-corrected chi connectivity index (χ2v) is 7.55. The molecule has 30 heavy (non-hydrogen) atoms. The number of nitrogens with zero attached hydrogens (tertiary/aromatic N) is 1. The van der Waals surface area contributed by atoms with Gasteiger partial charge in [0.2, 0.25) is 5.91 Å². The minimum absolute atomic E-state index is 0.129. The van der Waals surface area contributed by atoms with Crippen molar-refractivity contribution in [3.8, 4) is 16.3 Å². The highest BCUT2D eigenvalue weighted by atomic mass is 32.1. The van der Waals surface area contributed by atoms with Crippen LogP contribution in [-0.2, 0) is 24.2 Å². The second-order valence-electron chi connectivity index (χ2n) is 6.70. The second kappa shape index (κ2) is 9.75. The summed E-state index contributed by atoms with van der Waals surface area (Å²) in [5.74, 6) is -0.0463. The van der Waals surface area contributed by atoms with Crippen LogP contribution in [0.25, 0.3) is 10.6 Å². The molecule has 0 fully saturated rings. The van der Waals surface area contributed by atoms with E-state index in [1.54, 1.807) is 12.1 Å². The van der Waals surface area contributed by atoms with E-state index in [-0.39, 0.29) is 24.6 Å². The summed E-state index contributed by atoms with van der Waals surface area (Å²) < 4.78 is 41.1. The molecule has 1 aromatic heterocycles. The third kappa shape index (κ3) is 6.59. The Bertz CT molecular complexity index is 967. The van der Waals surface area contributed by atoms with E-state index in [0.717, 1.165) is 22.6 Å². The van der Waals surface area contributed by atoms with Crippen molar-refractivity contribution in [1.82, 2.24) is 10.3 Å². The molecule has 8 heteroatoms. The molecule has 0 saturated heterocycles. The average molecular weight is 434 g/mol. The minimum Gasteiger partial charge on any atom is -0.484 e. The van der Waals surface area contributed by atoms with Crippen LogP contribution in [0.4, 0.5) is 13.2 Å². The SMILES string of the molecule is CCc1ccc(-c2nc(CC(=O)NCc3ccc(OCC(F)(F)F)cc3)cs2)cc1. The largest absolute Gasteiger partial charge is 0.484 e. The first-order chi connectivity index (χ1) is 14.3. The zero-order chi connectivity index (χ0) is 21.6. The van der Waals surface area contributed by atoms with Gasteiger partial charge in [0.25, 0.3) is 0 Å². The van der Waals surface area contributed by atoms with Crippen molar-refractivity contribution in [2.24, 2.45) is 0 Å². The third-order valence-electron chi connectivity index (χ3n) is 4.32. The van der Waals surface area contributed by atoms with E-state index < -0.39 is 12.8 Å². The van der Waals surface area contributed by atoms with Gasteiger partial charge in [-0.25, -0.2) is 4.98 Å². The van der Waals surface area contributed by atoms with Crippen LogP contribution in [0.5, 0.6) is 5.75 Å². The molecular formula is C22H21F3N2O2S. The highest BCUT2D eigenvalue weighted by Crippen LogP contribution is 2.24. The number of nitrogens with one attached hydrogen (secondary N) is 1. The summed E-state index contributed by atoms with van der Waals surface area (Å²) in [6.07, 6.45) is -3.23. The summed E-state index contributed by atoms with van der Waals surface area (Å²) in [4.78, 5) is 16.7. The van der Waals surface area contributed by atoms with Crippen LogP contribution < -0.4 is 10.1 Å². The molecule has 0 bridgehead atoms. The number of thiazole rings is 1. The fraction of sp³-hybridized carbons (Fsp3) is 0.273. The summed E-state index contributed by atoms with van der Waals surface area (Å²) in [5.41, 5.74) is 3.74. The third-order valence-corrected chi connectivity index (χ3v) is 5.26. The van der Waals surface area contributed by atoms with Gasteiger partial charge in [-0.05, 0) is 29.7 Å². The van der Waals surface area contributed by atoms with Crippen molar-refractivity contribution in [2.45, 2.75) is 32.5 Å². The van der Waals surface area contributed by atoms with Crippen LogP contribution in [0.3, 0.4) is 0 Å². The highest BCUT2D eigenvalue weighted by molar-refractivity contribution is 7.13. The number of amides is 1. The Hall–Kier alpha value is -2.87. The number of hydrogen-bond acceptors (Lipinski definition) is 4. The van der Waals surface area contributed by atoms with Crippen molar-refractivity contribution >= 4 is 17.2 Å². The molecule has 3 rings (SSSR count). The molecule has 4 nitrogen and oxygen atoms in total. The zero-order valence-corrected chi connectivity index (χ0v) is 17.1. The van der Waals surface area contributed by atoms with Crippen LogP contribution in [0.1, 0.15) is 23.7 Å². The molecule has 0 aliphatic rings. The number of halogens is 3. The molecule has 3 aromatic rings. The van der Waals surface area contributed by atoms with E-state index >= 15 is 0 Å². The van der Waals surface area contributed by atoms with Gasteiger partial charge in [-0.3, -0.25) is 4.79 Å². The van der Waals surface area contributed by atoms with Gasteiger partial charge in [0.05, 0.1) is 12.1 Å². The number of aryl methyl sites for hydroxylation is 1. The lowest BCUT2D eigenvalue weighted by atomic mass is 10.1. The number of benzene rings is 2. The topological polar surface area (TPSA) is 51.2 Å². The van der Waals surface area contributed by atoms with Crippen LogP contribution >= 0.6 is 11.3 Å². The lowest BCUT2D eigenvalue weighted by Crippen LogP contribution is -2.24. The average Bonchev–Trinajstić information content (AvgIpc) is 3.19. The normalized spacial score (nSPS) is 11.3. The van der Waals surface area contributed by atoms with E-state index in [0.29, 0.717) is 5.69 Å². The van der Waals surface area contributed by atoms with Crippen molar-refractivity contribution in [2.75, 3.05) is 6.61 Å². The van der Waals surface area contributed by atoms with E-state index in [1.807, 2.05) is 17.5 Å². The van der Waals surface area contributed by atoms with Crippen LogP contribution in [0.15, 0.2) is 53.9 Å². The van der Waals surface area contributed by atoms with E-state index in [1.165, 1.54) is 29.0 Å². The molecule has 1 amide bonds. The Kier molecular flexibility index (Phi) is 7.10. The maximum absolute atomic E-state index is 12.2. The minimum atomic E-state index is -4.37. The first-order valence-corrected chi connectivity index (χ1v) is 10.3. The van der Waals surface area contributed by atoms with Crippen LogP contribution in [-0.4, -0.2) is 23.7 Å². The first kappa shape index (κ1) is 21.8. The Morgan fingerprint density at radius 1 is 1.07 bits per heavy atom. The summed E-state index contributed by atoms with van der Waals surface area (Å²) in [6.45, 7) is 1.04.